The molecule has 1 heterocycles. The second-order valence-corrected chi connectivity index (χ2v) is 3.35. The van der Waals surface area contributed by atoms with Crippen molar-refractivity contribution in [2.24, 2.45) is 0 Å². The summed E-state index contributed by atoms with van der Waals surface area (Å²) in [5, 5.41) is 0. The fraction of sp³-hybridized carbons (Fsp3) is 0.556. The summed E-state index contributed by atoms with van der Waals surface area (Å²) < 4.78 is 0. The first-order valence-corrected chi connectivity index (χ1v) is 4.43. The maximum absolute atomic E-state index is 5.55. The van der Waals surface area contributed by atoms with E-state index in [2.05, 4.69) is 9.97 Å². The Morgan fingerprint density at radius 2 is 2.00 bits per heavy atom. The molecule has 1 aromatic rings. The lowest BCUT2D eigenvalue weighted by molar-refractivity contribution is 0.694. The van der Waals surface area contributed by atoms with Crippen molar-refractivity contribution in [2.75, 3.05) is 5.73 Å². The van der Waals surface area contributed by atoms with E-state index in [4.69, 9.17) is 5.73 Å². The van der Waals surface area contributed by atoms with Gasteiger partial charge in [0.1, 0.15) is 5.82 Å². The SMILES string of the molecule is Nc1cncc(C2CCCC2)n1. The van der Waals surface area contributed by atoms with Crippen LogP contribution in [0.4, 0.5) is 5.82 Å². The lowest BCUT2D eigenvalue weighted by atomic mass is 10.1. The smallest absolute Gasteiger partial charge is 0.142 e. The molecule has 1 saturated carbocycles. The summed E-state index contributed by atoms with van der Waals surface area (Å²) in [6.45, 7) is 0. The van der Waals surface area contributed by atoms with Gasteiger partial charge in [-0.25, -0.2) is 4.98 Å². The van der Waals surface area contributed by atoms with Crippen molar-refractivity contribution in [3.63, 3.8) is 0 Å². The van der Waals surface area contributed by atoms with Crippen LogP contribution in [-0.2, 0) is 0 Å². The van der Waals surface area contributed by atoms with E-state index in [0.29, 0.717) is 11.7 Å². The minimum Gasteiger partial charge on any atom is -0.382 e. The minimum absolute atomic E-state index is 0.541. The molecule has 64 valence electrons. The first-order valence-electron chi connectivity index (χ1n) is 4.43. The summed E-state index contributed by atoms with van der Waals surface area (Å²) in [4.78, 5) is 8.31. The van der Waals surface area contributed by atoms with Gasteiger partial charge < -0.3 is 5.73 Å². The van der Waals surface area contributed by atoms with Crippen LogP contribution in [0.1, 0.15) is 37.3 Å². The van der Waals surface area contributed by atoms with Crippen LogP contribution >= 0.6 is 0 Å². The molecule has 1 aromatic heterocycles. The first-order chi connectivity index (χ1) is 5.86. The van der Waals surface area contributed by atoms with Gasteiger partial charge in [0, 0.05) is 12.1 Å². The van der Waals surface area contributed by atoms with E-state index in [-0.39, 0.29) is 0 Å². The van der Waals surface area contributed by atoms with Crippen molar-refractivity contribution < 1.29 is 0 Å². The third kappa shape index (κ3) is 1.40. The Kier molecular flexibility index (Phi) is 1.94. The van der Waals surface area contributed by atoms with E-state index >= 15 is 0 Å². The van der Waals surface area contributed by atoms with Crippen molar-refractivity contribution in [3.05, 3.63) is 18.1 Å². The standard InChI is InChI=1S/C9H13N3/c10-9-6-11-5-8(12-9)7-3-1-2-4-7/h5-7H,1-4H2,(H2,10,12). The summed E-state index contributed by atoms with van der Waals surface area (Å²) in [5.41, 5.74) is 6.63. The number of rotatable bonds is 1. The summed E-state index contributed by atoms with van der Waals surface area (Å²) in [6.07, 6.45) is 8.57. The van der Waals surface area contributed by atoms with Crippen LogP contribution in [0.15, 0.2) is 12.4 Å². The minimum atomic E-state index is 0.541. The molecule has 0 radical (unpaired) electrons. The van der Waals surface area contributed by atoms with E-state index < -0.39 is 0 Å². The number of aromatic nitrogens is 2. The van der Waals surface area contributed by atoms with Gasteiger partial charge in [0.05, 0.1) is 11.9 Å². The zero-order valence-corrected chi connectivity index (χ0v) is 7.03. The maximum atomic E-state index is 5.55. The molecule has 12 heavy (non-hydrogen) atoms. The molecule has 1 fully saturated rings. The van der Waals surface area contributed by atoms with Crippen LogP contribution in [0.2, 0.25) is 0 Å². The number of anilines is 1. The average molecular weight is 163 g/mol. The summed E-state index contributed by atoms with van der Waals surface area (Å²) in [5.74, 6) is 1.15. The third-order valence-corrected chi connectivity index (χ3v) is 2.45. The van der Waals surface area contributed by atoms with Gasteiger partial charge in [-0.05, 0) is 12.8 Å². The molecule has 0 unspecified atom stereocenters. The van der Waals surface area contributed by atoms with Crippen LogP contribution in [0, 0.1) is 0 Å². The van der Waals surface area contributed by atoms with Crippen molar-refractivity contribution in [3.8, 4) is 0 Å². The quantitative estimate of drug-likeness (QED) is 0.685. The molecule has 0 amide bonds. The molecule has 0 saturated heterocycles. The maximum Gasteiger partial charge on any atom is 0.142 e. The number of hydrogen-bond donors (Lipinski definition) is 1. The van der Waals surface area contributed by atoms with Gasteiger partial charge in [-0.1, -0.05) is 12.8 Å². The van der Waals surface area contributed by atoms with Crippen LogP contribution in [0.5, 0.6) is 0 Å². The highest BCUT2D eigenvalue weighted by atomic mass is 14.9. The van der Waals surface area contributed by atoms with Crippen LogP contribution in [-0.4, -0.2) is 9.97 Å². The normalized spacial score (nSPS) is 18.3. The van der Waals surface area contributed by atoms with E-state index in [0.717, 1.165) is 5.69 Å². The highest BCUT2D eigenvalue weighted by molar-refractivity contribution is 5.25. The van der Waals surface area contributed by atoms with Gasteiger partial charge in [-0.3, -0.25) is 4.98 Å². The summed E-state index contributed by atoms with van der Waals surface area (Å²) in [6, 6.07) is 0. The molecule has 0 aliphatic heterocycles. The number of nitrogens with zero attached hydrogens (tertiary/aromatic N) is 2. The molecule has 1 aliphatic carbocycles. The van der Waals surface area contributed by atoms with Crippen LogP contribution < -0.4 is 5.73 Å². The topological polar surface area (TPSA) is 51.8 Å². The lowest BCUT2D eigenvalue weighted by Crippen LogP contribution is -2.00. The van der Waals surface area contributed by atoms with Gasteiger partial charge >= 0.3 is 0 Å². The third-order valence-electron chi connectivity index (χ3n) is 2.45. The lowest BCUT2D eigenvalue weighted by Gasteiger charge is -2.06. The monoisotopic (exact) mass is 163 g/mol. The summed E-state index contributed by atoms with van der Waals surface area (Å²) in [7, 11) is 0. The number of nitrogens with two attached hydrogens (primary N) is 1. The Morgan fingerprint density at radius 3 is 2.67 bits per heavy atom. The summed E-state index contributed by atoms with van der Waals surface area (Å²) >= 11 is 0. The Bertz CT molecular complexity index is 266. The van der Waals surface area contributed by atoms with Crippen molar-refractivity contribution in [2.45, 2.75) is 31.6 Å². The van der Waals surface area contributed by atoms with E-state index in [1.54, 1.807) is 6.20 Å². The van der Waals surface area contributed by atoms with Gasteiger partial charge in [-0.15, -0.1) is 0 Å². The largest absolute Gasteiger partial charge is 0.382 e. The molecule has 0 bridgehead atoms. The second-order valence-electron chi connectivity index (χ2n) is 3.35. The molecular formula is C9H13N3. The fourth-order valence-electron chi connectivity index (χ4n) is 1.82. The highest BCUT2D eigenvalue weighted by Gasteiger charge is 2.18. The predicted octanol–water partition coefficient (Wildman–Crippen LogP) is 1.72. The van der Waals surface area contributed by atoms with Crippen LogP contribution in [0.3, 0.4) is 0 Å². The van der Waals surface area contributed by atoms with E-state index in [9.17, 15) is 0 Å². The van der Waals surface area contributed by atoms with Crippen LogP contribution in [0.25, 0.3) is 0 Å². The van der Waals surface area contributed by atoms with Gasteiger partial charge in [0.2, 0.25) is 0 Å². The molecular weight excluding hydrogens is 150 g/mol. The molecule has 3 nitrogen and oxygen atoms in total. The molecule has 2 N–H and O–H groups in total. The predicted molar refractivity (Wildman–Crippen MR) is 47.7 cm³/mol. The van der Waals surface area contributed by atoms with Gasteiger partial charge in [0.25, 0.3) is 0 Å². The molecule has 0 spiro atoms. The van der Waals surface area contributed by atoms with Crippen molar-refractivity contribution in [1.82, 2.24) is 9.97 Å². The second kappa shape index (κ2) is 3.09. The van der Waals surface area contributed by atoms with E-state index in [1.807, 2.05) is 6.20 Å². The zero-order valence-electron chi connectivity index (χ0n) is 7.03. The van der Waals surface area contributed by atoms with E-state index in [1.165, 1.54) is 25.7 Å². The Hall–Kier alpha value is -1.12. The Morgan fingerprint density at radius 1 is 1.25 bits per heavy atom. The average Bonchev–Trinajstić information content (AvgIpc) is 2.56. The molecule has 2 rings (SSSR count). The zero-order chi connectivity index (χ0) is 8.39. The van der Waals surface area contributed by atoms with Gasteiger partial charge in [-0.2, -0.15) is 0 Å². The van der Waals surface area contributed by atoms with Crippen molar-refractivity contribution in [1.29, 1.82) is 0 Å². The number of nitrogen functional groups attached to an aromatic ring is 1. The van der Waals surface area contributed by atoms with Crippen molar-refractivity contribution >= 4 is 5.82 Å². The first kappa shape index (κ1) is 7.53. The Balaban J connectivity index is 2.21. The number of hydrogen-bond acceptors (Lipinski definition) is 3. The molecule has 0 aromatic carbocycles. The van der Waals surface area contributed by atoms with Gasteiger partial charge in [0.15, 0.2) is 0 Å². The molecule has 1 aliphatic rings. The fourth-order valence-corrected chi connectivity index (χ4v) is 1.82. The molecule has 3 heteroatoms. The highest BCUT2D eigenvalue weighted by Crippen LogP contribution is 2.32. The Labute approximate surface area is 72.0 Å². The molecule has 0 atom stereocenters.